The summed E-state index contributed by atoms with van der Waals surface area (Å²) in [6, 6.07) is 9.71. The summed E-state index contributed by atoms with van der Waals surface area (Å²) in [6.45, 7) is 3.36. The number of fused-ring (bicyclic) bond motifs is 3. The molecule has 2 atom stereocenters. The van der Waals surface area contributed by atoms with Crippen LogP contribution in [0.4, 0.5) is 14.5 Å². The van der Waals surface area contributed by atoms with E-state index in [0.29, 0.717) is 12.5 Å². The van der Waals surface area contributed by atoms with Crippen molar-refractivity contribution in [1.29, 1.82) is 0 Å². The Bertz CT molecular complexity index is 985. The predicted octanol–water partition coefficient (Wildman–Crippen LogP) is 3.92. The van der Waals surface area contributed by atoms with Crippen molar-refractivity contribution < 1.29 is 13.6 Å². The molecule has 1 fully saturated rings. The number of nitrogens with one attached hydrogen (secondary N) is 2. The highest BCUT2D eigenvalue weighted by molar-refractivity contribution is 7.99. The summed E-state index contributed by atoms with van der Waals surface area (Å²) in [5.74, 6) is -0.504. The third-order valence-electron chi connectivity index (χ3n) is 6.75. The van der Waals surface area contributed by atoms with Gasteiger partial charge >= 0.3 is 0 Å². The van der Waals surface area contributed by atoms with Crippen LogP contribution < -0.4 is 15.5 Å². The molecule has 0 unspecified atom stereocenters. The topological polar surface area (TPSA) is 44.4 Å². The second kappa shape index (κ2) is 7.85. The molecular weight excluding hydrogens is 404 g/mol. The number of anilines is 1. The van der Waals surface area contributed by atoms with Gasteiger partial charge in [-0.15, -0.1) is 11.8 Å². The number of piperidine rings is 1. The number of amides is 1. The summed E-state index contributed by atoms with van der Waals surface area (Å²) < 4.78 is 27.1. The van der Waals surface area contributed by atoms with E-state index in [2.05, 4.69) is 33.7 Å². The van der Waals surface area contributed by atoms with Crippen molar-refractivity contribution in [3.8, 4) is 0 Å². The summed E-state index contributed by atoms with van der Waals surface area (Å²) in [5.41, 5.74) is 2.64. The van der Waals surface area contributed by atoms with Gasteiger partial charge in [0.15, 0.2) is 0 Å². The fraction of sp³-hybridized carbons (Fsp3) is 0.435. The minimum absolute atomic E-state index is 0.0385. The summed E-state index contributed by atoms with van der Waals surface area (Å²) in [6.07, 6.45) is 2.94. The Kier molecular flexibility index (Phi) is 5.19. The number of para-hydroxylation sites is 1. The van der Waals surface area contributed by atoms with Crippen molar-refractivity contribution in [3.05, 3.63) is 59.2 Å². The molecule has 0 radical (unpaired) electrons. The van der Waals surface area contributed by atoms with Gasteiger partial charge in [0.2, 0.25) is 0 Å². The normalized spacial score (nSPS) is 24.7. The maximum absolute atomic E-state index is 14.0. The molecule has 0 aliphatic carbocycles. The largest absolute Gasteiger partial charge is 0.364 e. The van der Waals surface area contributed by atoms with Gasteiger partial charge in [0.25, 0.3) is 5.91 Å². The number of benzene rings is 2. The second-order valence-corrected chi connectivity index (χ2v) is 9.42. The van der Waals surface area contributed by atoms with Crippen molar-refractivity contribution in [2.24, 2.45) is 0 Å². The first-order valence-electron chi connectivity index (χ1n) is 10.6. The molecule has 0 aromatic heterocycles. The molecule has 1 amide bonds. The third-order valence-corrected chi connectivity index (χ3v) is 7.88. The Balaban J connectivity index is 1.39. The maximum Gasteiger partial charge on any atom is 0.254 e. The summed E-state index contributed by atoms with van der Waals surface area (Å²) in [5, 5.41) is 6.43. The zero-order valence-electron chi connectivity index (χ0n) is 16.7. The lowest BCUT2D eigenvalue weighted by Crippen LogP contribution is -2.57. The van der Waals surface area contributed by atoms with Crippen LogP contribution >= 0.6 is 11.8 Å². The summed E-state index contributed by atoms with van der Waals surface area (Å²) in [4.78, 5) is 16.5. The van der Waals surface area contributed by atoms with E-state index in [1.165, 1.54) is 22.2 Å². The minimum atomic E-state index is -0.826. The minimum Gasteiger partial charge on any atom is -0.364 e. The Hall–Kier alpha value is -2.12. The Morgan fingerprint density at radius 3 is 3.07 bits per heavy atom. The van der Waals surface area contributed by atoms with E-state index in [4.69, 9.17) is 0 Å². The van der Waals surface area contributed by atoms with Gasteiger partial charge in [0.1, 0.15) is 11.6 Å². The molecule has 2 aromatic carbocycles. The standard InChI is InChI=1S/C23H25F2N3OS/c24-15-5-6-17(19(25)13-15)22(29)27-10-8-23-7-9-26-14-18(23)16-3-1-4-20-21(16)28(23)11-2-12-30-20/h1,3-6,13,18,26H,2,7-12,14H2,(H,27,29)/t18-,23-/m0/s1. The number of nitrogens with zero attached hydrogens (tertiary/aromatic N) is 1. The van der Waals surface area contributed by atoms with Crippen LogP contribution in [0.1, 0.15) is 41.1 Å². The number of rotatable bonds is 4. The van der Waals surface area contributed by atoms with Gasteiger partial charge < -0.3 is 15.5 Å². The zero-order chi connectivity index (χ0) is 20.7. The average molecular weight is 430 g/mol. The molecular formula is C23H25F2N3OS. The Morgan fingerprint density at radius 1 is 1.30 bits per heavy atom. The second-order valence-electron chi connectivity index (χ2n) is 8.29. The number of thioether (sulfide) groups is 1. The predicted molar refractivity (Wildman–Crippen MR) is 115 cm³/mol. The van der Waals surface area contributed by atoms with Crippen LogP contribution in [0.2, 0.25) is 0 Å². The molecule has 2 N–H and O–H groups in total. The maximum atomic E-state index is 14.0. The molecule has 0 saturated carbocycles. The van der Waals surface area contributed by atoms with Crippen molar-refractivity contribution in [2.75, 3.05) is 36.8 Å². The van der Waals surface area contributed by atoms with E-state index in [0.717, 1.165) is 56.8 Å². The van der Waals surface area contributed by atoms with E-state index in [9.17, 15) is 13.6 Å². The van der Waals surface area contributed by atoms with Gasteiger partial charge in [-0.05, 0) is 55.3 Å². The molecule has 1 saturated heterocycles. The van der Waals surface area contributed by atoms with Gasteiger partial charge in [0.05, 0.1) is 16.8 Å². The first-order chi connectivity index (χ1) is 14.6. The van der Waals surface area contributed by atoms with Gasteiger partial charge in [-0.1, -0.05) is 12.1 Å². The number of carbonyl (C=O) groups is 1. The molecule has 5 rings (SSSR count). The smallest absolute Gasteiger partial charge is 0.254 e. The van der Waals surface area contributed by atoms with Gasteiger partial charge in [0, 0.05) is 36.5 Å². The molecule has 3 aliphatic rings. The van der Waals surface area contributed by atoms with Crippen molar-refractivity contribution >= 4 is 23.4 Å². The van der Waals surface area contributed by atoms with Crippen molar-refractivity contribution in [2.45, 2.75) is 35.6 Å². The van der Waals surface area contributed by atoms with E-state index < -0.39 is 17.5 Å². The number of halogens is 2. The number of carbonyl (C=O) groups excluding carboxylic acids is 1. The van der Waals surface area contributed by atoms with Gasteiger partial charge in [-0.3, -0.25) is 4.79 Å². The fourth-order valence-corrected chi connectivity index (χ4v) is 6.45. The first kappa shape index (κ1) is 19.8. The van der Waals surface area contributed by atoms with Crippen LogP contribution in [0.25, 0.3) is 0 Å². The molecule has 3 aliphatic heterocycles. The summed E-state index contributed by atoms with van der Waals surface area (Å²) >= 11 is 1.94. The lowest BCUT2D eigenvalue weighted by molar-refractivity contribution is 0.0944. The molecule has 158 valence electrons. The van der Waals surface area contributed by atoms with E-state index >= 15 is 0 Å². The third kappa shape index (κ3) is 3.19. The number of hydrogen-bond donors (Lipinski definition) is 2. The van der Waals surface area contributed by atoms with Crippen LogP contribution in [0.15, 0.2) is 41.3 Å². The van der Waals surface area contributed by atoms with Crippen molar-refractivity contribution in [1.82, 2.24) is 10.6 Å². The van der Waals surface area contributed by atoms with E-state index in [-0.39, 0.29) is 11.1 Å². The highest BCUT2D eigenvalue weighted by Gasteiger charge is 2.52. The SMILES string of the molecule is O=C(NCC[C@@]12CCNC[C@H]1c1cccc3c1N2CCCS3)c1ccc(F)cc1F. The van der Waals surface area contributed by atoms with Crippen LogP contribution in [-0.2, 0) is 0 Å². The van der Waals surface area contributed by atoms with Crippen LogP contribution in [0.5, 0.6) is 0 Å². The average Bonchev–Trinajstić information content (AvgIpc) is 2.86. The highest BCUT2D eigenvalue weighted by Crippen LogP contribution is 2.55. The molecule has 2 aromatic rings. The lowest BCUT2D eigenvalue weighted by atomic mass is 9.75. The van der Waals surface area contributed by atoms with Crippen LogP contribution in [0, 0.1) is 11.6 Å². The molecule has 3 heterocycles. The Labute approximate surface area is 179 Å². The highest BCUT2D eigenvalue weighted by atomic mass is 32.2. The molecule has 30 heavy (non-hydrogen) atoms. The zero-order valence-corrected chi connectivity index (χ0v) is 17.5. The molecule has 4 nitrogen and oxygen atoms in total. The van der Waals surface area contributed by atoms with E-state index in [1.54, 1.807) is 0 Å². The quantitative estimate of drug-likeness (QED) is 0.774. The lowest BCUT2D eigenvalue weighted by Gasteiger charge is -2.47. The first-order valence-corrected chi connectivity index (χ1v) is 11.6. The molecule has 7 heteroatoms. The monoisotopic (exact) mass is 429 g/mol. The fourth-order valence-electron chi connectivity index (χ4n) is 5.42. The molecule has 0 bridgehead atoms. The van der Waals surface area contributed by atoms with Gasteiger partial charge in [-0.25, -0.2) is 8.78 Å². The summed E-state index contributed by atoms with van der Waals surface area (Å²) in [7, 11) is 0. The molecule has 0 spiro atoms. The van der Waals surface area contributed by atoms with Gasteiger partial charge in [-0.2, -0.15) is 0 Å². The number of hydrogen-bond acceptors (Lipinski definition) is 4. The van der Waals surface area contributed by atoms with Crippen LogP contribution in [-0.4, -0.2) is 43.4 Å². The van der Waals surface area contributed by atoms with E-state index in [1.807, 2.05) is 11.8 Å². The van der Waals surface area contributed by atoms with Crippen LogP contribution in [0.3, 0.4) is 0 Å². The Morgan fingerprint density at radius 2 is 2.20 bits per heavy atom. The van der Waals surface area contributed by atoms with Crippen molar-refractivity contribution in [3.63, 3.8) is 0 Å².